The van der Waals surface area contributed by atoms with Crippen molar-refractivity contribution in [3.8, 4) is 0 Å². The van der Waals surface area contributed by atoms with Gasteiger partial charge in [-0.3, -0.25) is 0 Å². The fraction of sp³-hybridized carbons (Fsp3) is 0.692. The Balaban J connectivity index is 2.17. The summed E-state index contributed by atoms with van der Waals surface area (Å²) in [4.78, 5) is 0. The van der Waals surface area contributed by atoms with Gasteiger partial charge < -0.3 is 9.47 Å². The van der Waals surface area contributed by atoms with Crippen molar-refractivity contribution in [3.63, 3.8) is 0 Å². The zero-order chi connectivity index (χ0) is 11.1. The molecule has 1 fully saturated rings. The molecule has 1 aliphatic heterocycles. The molecule has 0 radical (unpaired) electrons. The predicted octanol–water partition coefficient (Wildman–Crippen LogP) is 3.44. The molecule has 1 aliphatic rings. The van der Waals surface area contributed by atoms with Gasteiger partial charge >= 0.3 is 0 Å². The van der Waals surface area contributed by atoms with Gasteiger partial charge in [0.2, 0.25) is 0 Å². The second kappa shape index (κ2) is 6.81. The lowest BCUT2D eigenvalue weighted by Crippen LogP contribution is -2.05. The molecule has 0 aromatic heterocycles. The summed E-state index contributed by atoms with van der Waals surface area (Å²) in [7, 11) is 0. The van der Waals surface area contributed by atoms with E-state index < -0.39 is 0 Å². The fourth-order valence-electron chi connectivity index (χ4n) is 1.53. The van der Waals surface area contributed by atoms with Crippen molar-refractivity contribution in [1.29, 1.82) is 0 Å². The molecule has 0 aliphatic carbocycles. The first-order chi connectivity index (χ1) is 7.18. The summed E-state index contributed by atoms with van der Waals surface area (Å²) in [6.45, 7) is 7.94. The summed E-state index contributed by atoms with van der Waals surface area (Å²) in [5.74, 6) is 0. The molecule has 0 amide bonds. The predicted molar refractivity (Wildman–Crippen MR) is 62.7 cm³/mol. The molecule has 86 valence electrons. The Morgan fingerprint density at radius 3 is 2.40 bits per heavy atom. The van der Waals surface area contributed by atoms with Crippen LogP contribution in [0.4, 0.5) is 0 Å². The zero-order valence-electron chi connectivity index (χ0n) is 10.1. The van der Waals surface area contributed by atoms with Crippen molar-refractivity contribution >= 4 is 0 Å². The van der Waals surface area contributed by atoms with Crippen molar-refractivity contribution in [1.82, 2.24) is 0 Å². The summed E-state index contributed by atoms with van der Waals surface area (Å²) in [5, 5.41) is 0. The van der Waals surface area contributed by atoms with E-state index in [-0.39, 0.29) is 6.29 Å². The molecule has 1 saturated heterocycles. The summed E-state index contributed by atoms with van der Waals surface area (Å²) >= 11 is 0. The maximum Gasteiger partial charge on any atom is 0.161 e. The first kappa shape index (κ1) is 12.5. The highest BCUT2D eigenvalue weighted by Crippen LogP contribution is 2.12. The molecule has 0 spiro atoms. The first-order valence-corrected chi connectivity index (χ1v) is 5.70. The molecule has 0 aromatic carbocycles. The highest BCUT2D eigenvalue weighted by atomic mass is 16.7. The monoisotopic (exact) mass is 210 g/mol. The van der Waals surface area contributed by atoms with Crippen LogP contribution >= 0.6 is 0 Å². The van der Waals surface area contributed by atoms with Crippen LogP contribution in [0.25, 0.3) is 0 Å². The van der Waals surface area contributed by atoms with Gasteiger partial charge in [0.1, 0.15) is 0 Å². The van der Waals surface area contributed by atoms with Crippen LogP contribution < -0.4 is 0 Å². The van der Waals surface area contributed by atoms with Gasteiger partial charge in [0.15, 0.2) is 6.29 Å². The molecule has 1 rings (SSSR count). The molecule has 0 saturated carbocycles. The Morgan fingerprint density at radius 1 is 1.13 bits per heavy atom. The molecular formula is C13H22O2. The molecule has 0 bridgehead atoms. The molecule has 0 unspecified atom stereocenters. The second-order valence-corrected chi connectivity index (χ2v) is 4.28. The van der Waals surface area contributed by atoms with E-state index in [0.717, 1.165) is 32.5 Å². The van der Waals surface area contributed by atoms with Crippen LogP contribution in [0, 0.1) is 0 Å². The minimum Gasteiger partial charge on any atom is -0.350 e. The SMILES string of the molecule is CC(C)=CCCC(C)=CCC1OCCO1. The van der Waals surface area contributed by atoms with E-state index in [2.05, 4.69) is 32.9 Å². The van der Waals surface area contributed by atoms with Gasteiger partial charge in [0, 0.05) is 6.42 Å². The zero-order valence-corrected chi connectivity index (χ0v) is 10.1. The third-order valence-electron chi connectivity index (χ3n) is 2.44. The number of rotatable bonds is 5. The molecular weight excluding hydrogens is 188 g/mol. The van der Waals surface area contributed by atoms with Crippen LogP contribution in [0.1, 0.15) is 40.0 Å². The quantitative estimate of drug-likeness (QED) is 0.647. The third kappa shape index (κ3) is 5.75. The molecule has 0 aromatic rings. The van der Waals surface area contributed by atoms with Crippen molar-refractivity contribution in [2.24, 2.45) is 0 Å². The van der Waals surface area contributed by atoms with Crippen LogP contribution in [0.3, 0.4) is 0 Å². The molecule has 0 N–H and O–H groups in total. The first-order valence-electron chi connectivity index (χ1n) is 5.70. The Morgan fingerprint density at radius 2 is 1.80 bits per heavy atom. The highest BCUT2D eigenvalue weighted by Gasteiger charge is 2.13. The van der Waals surface area contributed by atoms with Crippen molar-refractivity contribution in [2.75, 3.05) is 13.2 Å². The van der Waals surface area contributed by atoms with Gasteiger partial charge in [-0.15, -0.1) is 0 Å². The third-order valence-corrected chi connectivity index (χ3v) is 2.44. The molecule has 0 atom stereocenters. The fourth-order valence-corrected chi connectivity index (χ4v) is 1.53. The Labute approximate surface area is 93.0 Å². The van der Waals surface area contributed by atoms with E-state index >= 15 is 0 Å². The average molecular weight is 210 g/mol. The maximum absolute atomic E-state index is 5.37. The number of hydrogen-bond donors (Lipinski definition) is 0. The topological polar surface area (TPSA) is 18.5 Å². The van der Waals surface area contributed by atoms with E-state index in [9.17, 15) is 0 Å². The van der Waals surface area contributed by atoms with Crippen LogP contribution in [0.15, 0.2) is 23.3 Å². The van der Waals surface area contributed by atoms with Crippen LogP contribution in [0.5, 0.6) is 0 Å². The lowest BCUT2D eigenvalue weighted by Gasteiger charge is -2.06. The lowest BCUT2D eigenvalue weighted by atomic mass is 10.1. The van der Waals surface area contributed by atoms with Crippen molar-refractivity contribution in [3.05, 3.63) is 23.3 Å². The van der Waals surface area contributed by atoms with Crippen LogP contribution in [0.2, 0.25) is 0 Å². The summed E-state index contributed by atoms with van der Waals surface area (Å²) in [5.41, 5.74) is 2.82. The van der Waals surface area contributed by atoms with E-state index in [4.69, 9.17) is 9.47 Å². The minimum atomic E-state index is 0.00315. The molecule has 2 nitrogen and oxygen atoms in total. The van der Waals surface area contributed by atoms with Gasteiger partial charge in [0.05, 0.1) is 13.2 Å². The normalized spacial score (nSPS) is 18.2. The van der Waals surface area contributed by atoms with Gasteiger partial charge in [-0.1, -0.05) is 23.3 Å². The Kier molecular flexibility index (Phi) is 5.66. The van der Waals surface area contributed by atoms with Gasteiger partial charge in [0.25, 0.3) is 0 Å². The van der Waals surface area contributed by atoms with Crippen molar-refractivity contribution < 1.29 is 9.47 Å². The number of hydrogen-bond acceptors (Lipinski definition) is 2. The average Bonchev–Trinajstić information content (AvgIpc) is 2.66. The number of ether oxygens (including phenoxy) is 2. The summed E-state index contributed by atoms with van der Waals surface area (Å²) in [6.07, 6.45) is 7.67. The van der Waals surface area contributed by atoms with Gasteiger partial charge in [-0.2, -0.15) is 0 Å². The maximum atomic E-state index is 5.37. The molecule has 2 heteroatoms. The molecule has 1 heterocycles. The van der Waals surface area contributed by atoms with Crippen LogP contribution in [-0.2, 0) is 9.47 Å². The summed E-state index contributed by atoms with van der Waals surface area (Å²) < 4.78 is 10.7. The van der Waals surface area contributed by atoms with Gasteiger partial charge in [-0.05, 0) is 33.6 Å². The Hall–Kier alpha value is -0.600. The van der Waals surface area contributed by atoms with E-state index in [1.807, 2.05) is 0 Å². The number of allylic oxidation sites excluding steroid dienone is 3. The van der Waals surface area contributed by atoms with E-state index in [0.29, 0.717) is 0 Å². The largest absolute Gasteiger partial charge is 0.350 e. The lowest BCUT2D eigenvalue weighted by molar-refractivity contribution is -0.0381. The van der Waals surface area contributed by atoms with Crippen LogP contribution in [-0.4, -0.2) is 19.5 Å². The van der Waals surface area contributed by atoms with Crippen molar-refractivity contribution in [2.45, 2.75) is 46.3 Å². The van der Waals surface area contributed by atoms with E-state index in [1.54, 1.807) is 0 Å². The minimum absolute atomic E-state index is 0.00315. The standard InChI is InChI=1S/C13H22O2/c1-11(2)5-4-6-12(3)7-8-13-14-9-10-15-13/h5,7,13H,4,6,8-10H2,1-3H3. The highest BCUT2D eigenvalue weighted by molar-refractivity contribution is 5.02. The molecule has 15 heavy (non-hydrogen) atoms. The second-order valence-electron chi connectivity index (χ2n) is 4.28. The Bertz CT molecular complexity index is 231. The van der Waals surface area contributed by atoms with Gasteiger partial charge in [-0.25, -0.2) is 0 Å². The summed E-state index contributed by atoms with van der Waals surface area (Å²) in [6, 6.07) is 0. The van der Waals surface area contributed by atoms with E-state index in [1.165, 1.54) is 11.1 Å². The smallest absolute Gasteiger partial charge is 0.161 e.